The van der Waals surface area contributed by atoms with E-state index >= 15 is 0 Å². The Kier molecular flexibility index (Phi) is 5.75. The summed E-state index contributed by atoms with van der Waals surface area (Å²) in [5.74, 6) is 0. The number of hydrogen-bond donors (Lipinski definition) is 1. The number of piperidine rings is 2. The first kappa shape index (κ1) is 13.3. The Hall–Kier alpha value is -0.120. The van der Waals surface area contributed by atoms with Crippen LogP contribution >= 0.6 is 0 Å². The summed E-state index contributed by atoms with van der Waals surface area (Å²) in [6.45, 7) is 4.30. The van der Waals surface area contributed by atoms with Crippen molar-refractivity contribution in [3.05, 3.63) is 0 Å². The van der Waals surface area contributed by atoms with Crippen LogP contribution in [0.2, 0.25) is 0 Å². The molecule has 2 rings (SSSR count). The van der Waals surface area contributed by atoms with E-state index in [1.807, 2.05) is 0 Å². The van der Waals surface area contributed by atoms with E-state index in [4.69, 9.17) is 4.74 Å². The summed E-state index contributed by atoms with van der Waals surface area (Å²) in [4.78, 5) is 2.51. The van der Waals surface area contributed by atoms with Gasteiger partial charge in [-0.25, -0.2) is 0 Å². The van der Waals surface area contributed by atoms with Crippen LogP contribution in [0.1, 0.15) is 44.9 Å². The van der Waals surface area contributed by atoms with E-state index in [-0.39, 0.29) is 0 Å². The Labute approximate surface area is 106 Å². The molecule has 0 bridgehead atoms. The van der Waals surface area contributed by atoms with Crippen LogP contribution in [0, 0.1) is 0 Å². The van der Waals surface area contributed by atoms with E-state index in [0.29, 0.717) is 6.04 Å². The Morgan fingerprint density at radius 3 is 2.82 bits per heavy atom. The molecule has 2 fully saturated rings. The lowest BCUT2D eigenvalue weighted by Crippen LogP contribution is -2.39. The van der Waals surface area contributed by atoms with Crippen molar-refractivity contribution in [2.75, 3.05) is 33.4 Å². The smallest absolute Gasteiger partial charge is 0.0619 e. The van der Waals surface area contributed by atoms with Gasteiger partial charge in [-0.1, -0.05) is 12.8 Å². The molecule has 0 aromatic heterocycles. The van der Waals surface area contributed by atoms with Crippen LogP contribution < -0.4 is 5.32 Å². The van der Waals surface area contributed by atoms with Gasteiger partial charge in [-0.15, -0.1) is 0 Å². The maximum absolute atomic E-state index is 5.84. The molecule has 2 aliphatic heterocycles. The fraction of sp³-hybridized carbons (Fsp3) is 1.00. The van der Waals surface area contributed by atoms with Crippen molar-refractivity contribution >= 4 is 0 Å². The molecule has 0 amide bonds. The molecule has 2 aliphatic rings. The number of likely N-dealkylation sites (tertiary alicyclic amines) is 1. The molecule has 2 saturated heterocycles. The van der Waals surface area contributed by atoms with E-state index in [1.54, 1.807) is 0 Å². The Bertz CT molecular complexity index is 204. The molecule has 2 heterocycles. The zero-order chi connectivity index (χ0) is 11.9. The standard InChI is InChI=1S/C14H28N2O/c1-16-10-5-3-7-14(16)8-11-17-12-13-6-2-4-9-15-13/h13-15H,2-12H2,1H3. The van der Waals surface area contributed by atoms with E-state index < -0.39 is 0 Å². The highest BCUT2D eigenvalue weighted by Crippen LogP contribution is 2.17. The minimum absolute atomic E-state index is 0.618. The first-order valence-electron chi connectivity index (χ1n) is 7.37. The molecule has 100 valence electrons. The topological polar surface area (TPSA) is 24.5 Å². The molecule has 2 atom stereocenters. The van der Waals surface area contributed by atoms with Crippen molar-refractivity contribution in [3.8, 4) is 0 Å². The van der Waals surface area contributed by atoms with Gasteiger partial charge >= 0.3 is 0 Å². The third-order valence-corrected chi connectivity index (χ3v) is 4.25. The van der Waals surface area contributed by atoms with Gasteiger partial charge in [0.15, 0.2) is 0 Å². The molecule has 0 aromatic rings. The molecule has 0 saturated carbocycles. The SMILES string of the molecule is CN1CCCCC1CCOCC1CCCCN1. The Morgan fingerprint density at radius 1 is 1.18 bits per heavy atom. The summed E-state index contributed by atoms with van der Waals surface area (Å²) in [6.07, 6.45) is 9.35. The second-order valence-electron chi connectivity index (χ2n) is 5.64. The van der Waals surface area contributed by atoms with Crippen LogP contribution in [-0.2, 0) is 4.74 Å². The fourth-order valence-corrected chi connectivity index (χ4v) is 3.02. The Balaban J connectivity index is 1.53. The second-order valence-corrected chi connectivity index (χ2v) is 5.64. The first-order valence-corrected chi connectivity index (χ1v) is 7.37. The fourth-order valence-electron chi connectivity index (χ4n) is 3.02. The maximum atomic E-state index is 5.84. The van der Waals surface area contributed by atoms with E-state index in [0.717, 1.165) is 19.3 Å². The van der Waals surface area contributed by atoms with Gasteiger partial charge in [0.1, 0.15) is 0 Å². The largest absolute Gasteiger partial charge is 0.380 e. The van der Waals surface area contributed by atoms with Gasteiger partial charge in [0.2, 0.25) is 0 Å². The first-order chi connectivity index (χ1) is 8.36. The van der Waals surface area contributed by atoms with Crippen molar-refractivity contribution < 1.29 is 4.74 Å². The third-order valence-electron chi connectivity index (χ3n) is 4.25. The molecule has 3 nitrogen and oxygen atoms in total. The average Bonchev–Trinajstić information content (AvgIpc) is 2.38. The maximum Gasteiger partial charge on any atom is 0.0619 e. The van der Waals surface area contributed by atoms with Gasteiger partial charge in [0.25, 0.3) is 0 Å². The van der Waals surface area contributed by atoms with Crippen LogP contribution in [0.15, 0.2) is 0 Å². The minimum atomic E-state index is 0.618. The van der Waals surface area contributed by atoms with Gasteiger partial charge in [0, 0.05) is 18.7 Å². The van der Waals surface area contributed by atoms with E-state index in [9.17, 15) is 0 Å². The normalized spacial score (nSPS) is 31.6. The lowest BCUT2D eigenvalue weighted by Gasteiger charge is -2.32. The molecule has 0 spiro atoms. The summed E-state index contributed by atoms with van der Waals surface area (Å²) in [6, 6.07) is 1.39. The molecular weight excluding hydrogens is 212 g/mol. The van der Waals surface area contributed by atoms with Crippen LogP contribution in [0.4, 0.5) is 0 Å². The van der Waals surface area contributed by atoms with Gasteiger partial charge < -0.3 is 15.0 Å². The molecule has 0 aromatic carbocycles. The number of rotatable bonds is 5. The highest BCUT2D eigenvalue weighted by molar-refractivity contribution is 4.74. The molecule has 3 heteroatoms. The predicted octanol–water partition coefficient (Wildman–Crippen LogP) is 2.02. The number of ether oxygens (including phenoxy) is 1. The van der Waals surface area contributed by atoms with Crippen LogP contribution in [0.25, 0.3) is 0 Å². The zero-order valence-electron chi connectivity index (χ0n) is 11.3. The number of hydrogen-bond acceptors (Lipinski definition) is 3. The highest BCUT2D eigenvalue weighted by atomic mass is 16.5. The lowest BCUT2D eigenvalue weighted by molar-refractivity contribution is 0.0740. The summed E-state index contributed by atoms with van der Waals surface area (Å²) >= 11 is 0. The number of nitrogens with zero attached hydrogens (tertiary/aromatic N) is 1. The van der Waals surface area contributed by atoms with Gasteiger partial charge in [-0.05, 0) is 52.2 Å². The average molecular weight is 240 g/mol. The van der Waals surface area contributed by atoms with Crippen LogP contribution in [-0.4, -0.2) is 50.3 Å². The second kappa shape index (κ2) is 7.34. The molecule has 1 N–H and O–H groups in total. The Morgan fingerprint density at radius 2 is 2.06 bits per heavy atom. The van der Waals surface area contributed by atoms with Crippen LogP contribution in [0.3, 0.4) is 0 Å². The summed E-state index contributed by atoms with van der Waals surface area (Å²) in [7, 11) is 2.26. The van der Waals surface area contributed by atoms with Crippen LogP contribution in [0.5, 0.6) is 0 Å². The van der Waals surface area contributed by atoms with Gasteiger partial charge in [-0.3, -0.25) is 0 Å². The quantitative estimate of drug-likeness (QED) is 0.744. The highest BCUT2D eigenvalue weighted by Gasteiger charge is 2.18. The van der Waals surface area contributed by atoms with E-state index in [1.165, 1.54) is 58.0 Å². The monoisotopic (exact) mass is 240 g/mol. The predicted molar refractivity (Wildman–Crippen MR) is 71.3 cm³/mol. The van der Waals surface area contributed by atoms with Gasteiger partial charge in [0.05, 0.1) is 6.61 Å². The molecular formula is C14H28N2O. The number of nitrogens with one attached hydrogen (secondary N) is 1. The lowest BCUT2D eigenvalue weighted by atomic mass is 10.0. The third kappa shape index (κ3) is 4.57. The van der Waals surface area contributed by atoms with Crippen molar-refractivity contribution in [1.29, 1.82) is 0 Å². The molecule has 0 aliphatic carbocycles. The van der Waals surface area contributed by atoms with Gasteiger partial charge in [-0.2, -0.15) is 0 Å². The molecule has 2 unspecified atom stereocenters. The van der Waals surface area contributed by atoms with Crippen molar-refractivity contribution in [3.63, 3.8) is 0 Å². The summed E-state index contributed by atoms with van der Waals surface area (Å²) in [5, 5.41) is 3.53. The van der Waals surface area contributed by atoms with Crippen molar-refractivity contribution in [1.82, 2.24) is 10.2 Å². The minimum Gasteiger partial charge on any atom is -0.380 e. The molecule has 0 radical (unpaired) electrons. The summed E-state index contributed by atoms with van der Waals surface area (Å²) in [5.41, 5.74) is 0. The summed E-state index contributed by atoms with van der Waals surface area (Å²) < 4.78 is 5.84. The van der Waals surface area contributed by atoms with Crippen molar-refractivity contribution in [2.24, 2.45) is 0 Å². The van der Waals surface area contributed by atoms with Crippen molar-refractivity contribution in [2.45, 2.75) is 57.0 Å². The molecule has 17 heavy (non-hydrogen) atoms. The van der Waals surface area contributed by atoms with E-state index in [2.05, 4.69) is 17.3 Å². The zero-order valence-corrected chi connectivity index (χ0v) is 11.3.